The lowest BCUT2D eigenvalue weighted by Gasteiger charge is -2.17. The zero-order valence-electron chi connectivity index (χ0n) is 16.7. The summed E-state index contributed by atoms with van der Waals surface area (Å²) in [7, 11) is 3.27. The molecule has 2 amide bonds. The number of nitrogens with zero attached hydrogens (tertiary/aromatic N) is 2. The van der Waals surface area contributed by atoms with Crippen LogP contribution in [0.3, 0.4) is 0 Å². The molecule has 2 aromatic carbocycles. The molecule has 0 aliphatic heterocycles. The molecule has 158 valence electrons. The molecule has 0 atom stereocenters. The number of methoxy groups -OCH3 is 1. The summed E-state index contributed by atoms with van der Waals surface area (Å²) >= 11 is 7.44. The quantitative estimate of drug-likeness (QED) is 0.545. The molecule has 3 aromatic rings. The molecule has 30 heavy (non-hydrogen) atoms. The number of hydrogen-bond donors (Lipinski definition) is 1. The number of thiazole rings is 1. The fourth-order valence-corrected chi connectivity index (χ4v) is 3.85. The molecule has 0 saturated carbocycles. The van der Waals surface area contributed by atoms with Crippen LogP contribution in [0.5, 0.6) is 5.75 Å². The molecule has 9 heteroatoms. The van der Waals surface area contributed by atoms with Crippen LogP contribution >= 0.6 is 22.9 Å². The van der Waals surface area contributed by atoms with Crippen LogP contribution in [0.2, 0.25) is 5.02 Å². The lowest BCUT2D eigenvalue weighted by molar-refractivity contribution is -0.130. The lowest BCUT2D eigenvalue weighted by Crippen LogP contribution is -2.31. The van der Waals surface area contributed by atoms with Gasteiger partial charge in [-0.2, -0.15) is 0 Å². The summed E-state index contributed by atoms with van der Waals surface area (Å²) in [5.41, 5.74) is 1.70. The van der Waals surface area contributed by atoms with E-state index in [0.717, 1.165) is 21.5 Å². The van der Waals surface area contributed by atoms with E-state index < -0.39 is 6.09 Å². The van der Waals surface area contributed by atoms with Gasteiger partial charge in [0.1, 0.15) is 12.4 Å². The van der Waals surface area contributed by atoms with Gasteiger partial charge in [-0.15, -0.1) is 0 Å². The van der Waals surface area contributed by atoms with E-state index in [1.54, 1.807) is 20.2 Å². The highest BCUT2D eigenvalue weighted by Crippen LogP contribution is 2.29. The first-order valence-corrected chi connectivity index (χ1v) is 10.5. The van der Waals surface area contributed by atoms with Gasteiger partial charge in [-0.25, -0.2) is 9.78 Å². The maximum atomic E-state index is 12.3. The van der Waals surface area contributed by atoms with Crippen molar-refractivity contribution in [3.63, 3.8) is 0 Å². The Morgan fingerprint density at radius 3 is 2.80 bits per heavy atom. The van der Waals surface area contributed by atoms with Crippen molar-refractivity contribution in [3.8, 4) is 5.75 Å². The minimum absolute atomic E-state index is 0.0425. The summed E-state index contributed by atoms with van der Waals surface area (Å²) < 4.78 is 11.2. The third-order valence-corrected chi connectivity index (χ3v) is 5.76. The number of carbonyl (C=O) groups excluding carboxylic acids is 2. The Bertz CT molecular complexity index is 1040. The van der Waals surface area contributed by atoms with Crippen molar-refractivity contribution in [1.29, 1.82) is 0 Å². The molecule has 1 heterocycles. The van der Waals surface area contributed by atoms with Crippen molar-refractivity contribution in [2.45, 2.75) is 12.8 Å². The van der Waals surface area contributed by atoms with E-state index in [9.17, 15) is 9.59 Å². The summed E-state index contributed by atoms with van der Waals surface area (Å²) in [4.78, 5) is 30.1. The number of likely N-dealkylation sites (N-methyl/N-ethyl adjacent to an activating group) is 1. The standard InChI is InChI=1S/C21H22ClN3O4S/c1-25(19(26)10-7-14-5-3-4-6-16(14)22)11-12-29-21(27)24-20-23-17-9-8-15(28-2)13-18(17)30-20/h3-6,8-9,13H,7,10-12H2,1-2H3,(H,23,24,27). The number of amides is 2. The van der Waals surface area contributed by atoms with E-state index in [1.165, 1.54) is 16.2 Å². The van der Waals surface area contributed by atoms with Gasteiger partial charge in [0.2, 0.25) is 5.91 Å². The average molecular weight is 448 g/mol. The second kappa shape index (κ2) is 10.3. The van der Waals surface area contributed by atoms with E-state index in [-0.39, 0.29) is 12.5 Å². The van der Waals surface area contributed by atoms with Crippen molar-refractivity contribution in [2.24, 2.45) is 0 Å². The Labute approximate surface area is 183 Å². The van der Waals surface area contributed by atoms with Gasteiger partial charge in [-0.3, -0.25) is 10.1 Å². The van der Waals surface area contributed by atoms with E-state index in [1.807, 2.05) is 36.4 Å². The third-order valence-electron chi connectivity index (χ3n) is 4.46. The first-order valence-electron chi connectivity index (χ1n) is 9.32. The van der Waals surface area contributed by atoms with Crippen LogP contribution in [0, 0.1) is 0 Å². The van der Waals surface area contributed by atoms with Gasteiger partial charge in [0, 0.05) is 18.5 Å². The second-order valence-corrected chi connectivity index (χ2v) is 7.96. The fraction of sp³-hybridized carbons (Fsp3) is 0.286. The minimum atomic E-state index is -0.613. The Balaban J connectivity index is 1.41. The van der Waals surface area contributed by atoms with Crippen molar-refractivity contribution in [2.75, 3.05) is 32.6 Å². The number of nitrogens with one attached hydrogen (secondary N) is 1. The monoisotopic (exact) mass is 447 g/mol. The van der Waals surface area contributed by atoms with E-state index in [4.69, 9.17) is 21.1 Å². The summed E-state index contributed by atoms with van der Waals surface area (Å²) in [6.07, 6.45) is 0.284. The first-order chi connectivity index (χ1) is 14.5. The van der Waals surface area contributed by atoms with Crippen molar-refractivity contribution in [1.82, 2.24) is 9.88 Å². The summed E-state index contributed by atoms with van der Waals surface area (Å²) in [5.74, 6) is 0.682. The number of halogens is 1. The molecule has 0 aliphatic rings. The maximum Gasteiger partial charge on any atom is 0.413 e. The van der Waals surface area contributed by atoms with Crippen LogP contribution in [-0.4, -0.2) is 49.2 Å². The third kappa shape index (κ3) is 5.84. The van der Waals surface area contributed by atoms with Crippen LogP contribution in [0.15, 0.2) is 42.5 Å². The first kappa shape index (κ1) is 21.9. The van der Waals surface area contributed by atoms with Crippen molar-refractivity contribution >= 4 is 50.3 Å². The molecule has 0 radical (unpaired) electrons. The molecule has 1 N–H and O–H groups in total. The number of rotatable bonds is 8. The molecule has 0 spiro atoms. The van der Waals surface area contributed by atoms with Gasteiger partial charge >= 0.3 is 6.09 Å². The predicted octanol–water partition coefficient (Wildman–Crippen LogP) is 4.60. The van der Waals surface area contributed by atoms with Gasteiger partial charge in [0.15, 0.2) is 5.13 Å². The summed E-state index contributed by atoms with van der Waals surface area (Å²) in [6, 6.07) is 12.9. The summed E-state index contributed by atoms with van der Waals surface area (Å²) in [5, 5.41) is 3.70. The average Bonchev–Trinajstić information content (AvgIpc) is 3.13. The van der Waals surface area contributed by atoms with Gasteiger partial charge < -0.3 is 14.4 Å². The van der Waals surface area contributed by atoms with Gasteiger partial charge in [0.05, 0.1) is 23.9 Å². The van der Waals surface area contributed by atoms with E-state index >= 15 is 0 Å². The number of aromatic nitrogens is 1. The van der Waals surface area contributed by atoms with Crippen LogP contribution in [0.1, 0.15) is 12.0 Å². The number of benzene rings is 2. The maximum absolute atomic E-state index is 12.3. The Morgan fingerprint density at radius 1 is 1.23 bits per heavy atom. The van der Waals surface area contributed by atoms with Gasteiger partial charge in [0.25, 0.3) is 0 Å². The molecule has 0 aliphatic carbocycles. The van der Waals surface area contributed by atoms with Crippen molar-refractivity contribution in [3.05, 3.63) is 53.1 Å². The highest BCUT2D eigenvalue weighted by Gasteiger charge is 2.13. The number of carbonyl (C=O) groups is 2. The van der Waals surface area contributed by atoms with E-state index in [2.05, 4.69) is 10.3 Å². The number of hydrogen-bond acceptors (Lipinski definition) is 6. The highest BCUT2D eigenvalue weighted by molar-refractivity contribution is 7.22. The summed E-state index contributed by atoms with van der Waals surface area (Å²) in [6.45, 7) is 0.380. The van der Waals surface area contributed by atoms with Crippen LogP contribution < -0.4 is 10.1 Å². The molecule has 7 nitrogen and oxygen atoms in total. The molecule has 0 bridgehead atoms. The smallest absolute Gasteiger partial charge is 0.413 e. The second-order valence-electron chi connectivity index (χ2n) is 6.52. The molecule has 0 unspecified atom stereocenters. The predicted molar refractivity (Wildman–Crippen MR) is 119 cm³/mol. The zero-order chi connectivity index (χ0) is 21.5. The molecular weight excluding hydrogens is 426 g/mol. The minimum Gasteiger partial charge on any atom is -0.497 e. The van der Waals surface area contributed by atoms with Crippen LogP contribution in [0.25, 0.3) is 10.2 Å². The van der Waals surface area contributed by atoms with Gasteiger partial charge in [-0.1, -0.05) is 41.1 Å². The number of ether oxygens (including phenoxy) is 2. The SMILES string of the molecule is COc1ccc2nc(NC(=O)OCCN(C)C(=O)CCc3ccccc3Cl)sc2c1. The number of anilines is 1. The van der Waals surface area contributed by atoms with Gasteiger partial charge in [-0.05, 0) is 36.2 Å². The Morgan fingerprint density at radius 2 is 2.03 bits per heavy atom. The largest absolute Gasteiger partial charge is 0.497 e. The molecular formula is C21H22ClN3O4S. The van der Waals surface area contributed by atoms with Crippen LogP contribution in [-0.2, 0) is 16.0 Å². The van der Waals surface area contributed by atoms with Crippen LogP contribution in [0.4, 0.5) is 9.93 Å². The van der Waals surface area contributed by atoms with Crippen molar-refractivity contribution < 1.29 is 19.1 Å². The number of aryl methyl sites for hydroxylation is 1. The Kier molecular flexibility index (Phi) is 7.48. The van der Waals surface area contributed by atoms with E-state index in [0.29, 0.717) is 29.5 Å². The Hall–Kier alpha value is -2.84. The normalized spacial score (nSPS) is 10.6. The topological polar surface area (TPSA) is 80.8 Å². The number of fused-ring (bicyclic) bond motifs is 1. The fourth-order valence-electron chi connectivity index (χ4n) is 2.74. The highest BCUT2D eigenvalue weighted by atomic mass is 35.5. The zero-order valence-corrected chi connectivity index (χ0v) is 18.3. The molecule has 3 rings (SSSR count). The molecule has 0 saturated heterocycles. The lowest BCUT2D eigenvalue weighted by atomic mass is 10.1. The molecule has 0 fully saturated rings. The molecule has 1 aromatic heterocycles.